The van der Waals surface area contributed by atoms with Gasteiger partial charge in [0.15, 0.2) is 11.5 Å². The maximum absolute atomic E-state index is 14.0. The van der Waals surface area contributed by atoms with E-state index in [0.717, 1.165) is 0 Å². The van der Waals surface area contributed by atoms with Gasteiger partial charge < -0.3 is 14.9 Å². The Morgan fingerprint density at radius 2 is 1.90 bits per heavy atom. The summed E-state index contributed by atoms with van der Waals surface area (Å²) in [4.78, 5) is 16.9. The molecule has 15 heteroatoms. The number of rotatable bonds is 7. The molecule has 0 aliphatic heterocycles. The lowest BCUT2D eigenvalue weighted by Gasteiger charge is -2.19. The Morgan fingerprint density at radius 1 is 1.18 bits per heavy atom. The number of aromatic nitrogens is 5. The summed E-state index contributed by atoms with van der Waals surface area (Å²) >= 11 is 0. The zero-order chi connectivity index (χ0) is 29.4. The third-order valence-electron chi connectivity index (χ3n) is 5.93. The third kappa shape index (κ3) is 4.97. The van der Waals surface area contributed by atoms with Crippen molar-refractivity contribution in [2.75, 3.05) is 5.75 Å². The fourth-order valence-corrected chi connectivity index (χ4v) is 4.90. The number of hydrogen-bond donors (Lipinski definition) is 1. The van der Waals surface area contributed by atoms with Gasteiger partial charge in [0, 0.05) is 38.5 Å². The second-order valence-corrected chi connectivity index (χ2v) is 10.1. The molecule has 0 bridgehead atoms. The summed E-state index contributed by atoms with van der Waals surface area (Å²) in [6, 6.07) is 9.16. The second kappa shape index (κ2) is 10.6. The summed E-state index contributed by atoms with van der Waals surface area (Å²) in [5.41, 5.74) is 5.57. The average Bonchev–Trinajstić information content (AvgIpc) is 3.44. The Kier molecular flexibility index (Phi) is 7.57. The van der Waals surface area contributed by atoms with Crippen molar-refractivity contribution in [3.8, 4) is 17.6 Å². The summed E-state index contributed by atoms with van der Waals surface area (Å²) in [6.07, 6.45) is -2.74. The molecule has 40 heavy (non-hydrogen) atoms. The molecule has 1 unspecified atom stereocenters. The number of nitrogens with two attached hydrogens (primary N) is 1. The second-order valence-electron chi connectivity index (χ2n) is 8.46. The number of alkyl halides is 5. The summed E-state index contributed by atoms with van der Waals surface area (Å²) in [5.74, 6) is -4.67. The predicted octanol–water partition coefficient (Wildman–Crippen LogP) is 4.72. The Bertz CT molecular complexity index is 1730. The molecule has 2 N–H and O–H groups in total. The van der Waals surface area contributed by atoms with Crippen LogP contribution in [0.1, 0.15) is 23.9 Å². The first-order chi connectivity index (χ1) is 18.8. The van der Waals surface area contributed by atoms with E-state index in [-0.39, 0.29) is 39.3 Å². The summed E-state index contributed by atoms with van der Waals surface area (Å²) in [6.45, 7) is 1.68. The van der Waals surface area contributed by atoms with Crippen molar-refractivity contribution in [2.24, 2.45) is 24.8 Å². The number of allylic oxidation sites excluding steroid dienone is 1. The van der Waals surface area contributed by atoms with Crippen molar-refractivity contribution < 1.29 is 26.2 Å². The fourth-order valence-electron chi connectivity index (χ4n) is 3.88. The monoisotopic (exact) mass is 576 g/mol. The zero-order valence-electron chi connectivity index (χ0n) is 21.2. The molecule has 1 atom stereocenters. The van der Waals surface area contributed by atoms with E-state index in [9.17, 15) is 26.2 Å². The summed E-state index contributed by atoms with van der Waals surface area (Å²) in [7, 11) is 1.46. The van der Waals surface area contributed by atoms with Crippen molar-refractivity contribution in [1.29, 1.82) is 5.26 Å². The molecule has 3 aromatic heterocycles. The molecule has 0 radical (unpaired) electrons. The first-order valence-corrected chi connectivity index (χ1v) is 12.8. The molecule has 1 aromatic carbocycles. The Balaban J connectivity index is 1.85. The van der Waals surface area contributed by atoms with Gasteiger partial charge in [-0.15, -0.1) is 0 Å². The number of benzene rings is 1. The van der Waals surface area contributed by atoms with Gasteiger partial charge in [-0.25, -0.2) is 15.0 Å². The maximum Gasteiger partial charge on any atom is 0.458 e. The van der Waals surface area contributed by atoms with Crippen LogP contribution in [-0.4, -0.2) is 46.4 Å². The van der Waals surface area contributed by atoms with E-state index in [1.165, 1.54) is 28.6 Å². The fraction of sp³-hybridized carbons (Fsp3) is 0.240. The van der Waals surface area contributed by atoms with E-state index in [4.69, 9.17) is 11.0 Å². The number of pyridine rings is 1. The van der Waals surface area contributed by atoms with Crippen LogP contribution in [0, 0.1) is 11.3 Å². The van der Waals surface area contributed by atoms with Crippen LogP contribution in [0.25, 0.3) is 28.3 Å². The largest absolute Gasteiger partial charge is 0.458 e. The highest BCUT2D eigenvalue weighted by atomic mass is 32.2. The molecule has 0 aliphatic carbocycles. The molecular formula is C25H21F5N8OS. The van der Waals surface area contributed by atoms with Gasteiger partial charge in [-0.1, -0.05) is 13.0 Å². The van der Waals surface area contributed by atoms with Crippen LogP contribution in [0.5, 0.6) is 0 Å². The predicted molar refractivity (Wildman–Crippen MR) is 139 cm³/mol. The minimum absolute atomic E-state index is 0.0192. The van der Waals surface area contributed by atoms with Crippen molar-refractivity contribution in [1.82, 2.24) is 24.1 Å². The Labute approximate surface area is 227 Å². The summed E-state index contributed by atoms with van der Waals surface area (Å²) < 4.78 is 82.6. The number of nitrogens with zero attached hydrogens (tertiary/aromatic N) is 7. The first-order valence-electron chi connectivity index (χ1n) is 11.5. The average molecular weight is 577 g/mol. The zero-order valence-corrected chi connectivity index (χ0v) is 22.1. The molecule has 9 nitrogen and oxygen atoms in total. The number of fused-ring (bicyclic) bond motifs is 1. The molecule has 4 aromatic rings. The minimum atomic E-state index is -5.82. The SMILES string of the molecule is CCS(=O)c1c(-c2nc3cc(C(F)(F)C(F)(F)F)cnc3n2C)nc(/C(C=Nc2cccc(C#N)c2)=C/N)n1C. The van der Waals surface area contributed by atoms with Gasteiger partial charge in [-0.3, -0.25) is 9.20 Å². The lowest BCUT2D eigenvalue weighted by molar-refractivity contribution is -0.289. The lowest BCUT2D eigenvalue weighted by Crippen LogP contribution is -2.33. The molecule has 0 spiro atoms. The highest BCUT2D eigenvalue weighted by Gasteiger charge is 2.59. The number of hydrogen-bond acceptors (Lipinski definition) is 7. The molecule has 0 fully saturated rings. The van der Waals surface area contributed by atoms with Gasteiger partial charge in [0.2, 0.25) is 0 Å². The maximum atomic E-state index is 14.0. The Morgan fingerprint density at radius 3 is 2.52 bits per heavy atom. The molecule has 3 heterocycles. The number of imidazole rings is 2. The van der Waals surface area contributed by atoms with Gasteiger partial charge in [-0.05, 0) is 24.3 Å². The van der Waals surface area contributed by atoms with Crippen LogP contribution >= 0.6 is 0 Å². The highest BCUT2D eigenvalue weighted by molar-refractivity contribution is 7.85. The van der Waals surface area contributed by atoms with Crippen LogP contribution in [0.15, 0.2) is 52.7 Å². The quantitative estimate of drug-likeness (QED) is 0.250. The number of aliphatic imine (C=N–C) groups is 1. The van der Waals surface area contributed by atoms with E-state index < -0.39 is 28.5 Å². The van der Waals surface area contributed by atoms with Crippen LogP contribution in [0.4, 0.5) is 27.6 Å². The molecule has 0 saturated heterocycles. The van der Waals surface area contributed by atoms with Crippen LogP contribution in [-0.2, 0) is 30.8 Å². The van der Waals surface area contributed by atoms with Gasteiger partial charge >= 0.3 is 12.1 Å². The van der Waals surface area contributed by atoms with Crippen molar-refractivity contribution in [3.05, 3.63) is 59.7 Å². The van der Waals surface area contributed by atoms with E-state index in [0.29, 0.717) is 29.1 Å². The molecular weight excluding hydrogens is 555 g/mol. The number of nitriles is 1. The van der Waals surface area contributed by atoms with Crippen LogP contribution in [0.3, 0.4) is 0 Å². The topological polar surface area (TPSA) is 128 Å². The van der Waals surface area contributed by atoms with Crippen LogP contribution < -0.4 is 5.73 Å². The molecule has 4 rings (SSSR count). The Hall–Kier alpha value is -4.45. The van der Waals surface area contributed by atoms with Crippen LogP contribution in [0.2, 0.25) is 0 Å². The van der Waals surface area contributed by atoms with Gasteiger partial charge in [-0.2, -0.15) is 27.2 Å². The van der Waals surface area contributed by atoms with Gasteiger partial charge in [0.1, 0.15) is 22.1 Å². The molecule has 208 valence electrons. The normalized spacial score (nSPS) is 13.7. The van der Waals surface area contributed by atoms with E-state index in [1.54, 1.807) is 38.2 Å². The van der Waals surface area contributed by atoms with Crippen molar-refractivity contribution >= 4 is 39.4 Å². The van der Waals surface area contributed by atoms with Crippen molar-refractivity contribution in [3.63, 3.8) is 0 Å². The van der Waals surface area contributed by atoms with E-state index in [2.05, 4.69) is 19.9 Å². The number of halogens is 5. The van der Waals surface area contributed by atoms with E-state index in [1.807, 2.05) is 6.07 Å². The smallest absolute Gasteiger partial charge is 0.404 e. The lowest BCUT2D eigenvalue weighted by atomic mass is 10.1. The van der Waals surface area contributed by atoms with E-state index >= 15 is 0 Å². The molecule has 0 aliphatic rings. The van der Waals surface area contributed by atoms with Gasteiger partial charge in [0.05, 0.1) is 39.3 Å². The summed E-state index contributed by atoms with van der Waals surface area (Å²) in [5, 5.41) is 9.33. The number of aryl methyl sites for hydroxylation is 1. The first kappa shape index (κ1) is 28.6. The van der Waals surface area contributed by atoms with Crippen molar-refractivity contribution in [2.45, 2.75) is 24.0 Å². The molecule has 0 amide bonds. The minimum Gasteiger partial charge on any atom is -0.404 e. The third-order valence-corrected chi connectivity index (χ3v) is 7.35. The molecule has 0 saturated carbocycles. The van der Waals surface area contributed by atoms with Gasteiger partial charge in [0.25, 0.3) is 0 Å². The standard InChI is InChI=1S/C25H21F5N8OS/c1-4-40(39)23-19(22-35-18-9-16(13-34-21(18)37(22)2)24(26,27)25(28,29)30)36-20(38(23)3)15(11-32)12-33-17-7-5-6-14(8-17)10-31/h5-9,11-13H,4,32H2,1-3H3/b15-11+,33-12?. The highest BCUT2D eigenvalue weighted by Crippen LogP contribution is 2.44.